The van der Waals surface area contributed by atoms with Crippen molar-refractivity contribution in [3.05, 3.63) is 88.1 Å². The Bertz CT molecular complexity index is 1960. The van der Waals surface area contributed by atoms with Crippen molar-refractivity contribution >= 4 is 11.8 Å². The number of nitrogens with one attached hydrogen (secondary N) is 1. The van der Waals surface area contributed by atoms with Crippen LogP contribution in [0.15, 0.2) is 54.7 Å². The Labute approximate surface area is 298 Å². The topological polar surface area (TPSA) is 145 Å². The number of rotatable bonds is 11. The lowest BCUT2D eigenvalue weighted by Crippen LogP contribution is -2.31. The van der Waals surface area contributed by atoms with Gasteiger partial charge in [0.2, 0.25) is 0 Å². The highest BCUT2D eigenvalue weighted by molar-refractivity contribution is 5.84. The molecule has 10 nitrogen and oxygen atoms in total. The van der Waals surface area contributed by atoms with E-state index in [1.165, 1.54) is 12.5 Å². The maximum atomic E-state index is 12.2. The van der Waals surface area contributed by atoms with Gasteiger partial charge in [-0.3, -0.25) is 4.79 Å². The summed E-state index contributed by atoms with van der Waals surface area (Å²) in [6, 6.07) is 15.3. The average molecular weight is 694 g/mol. The molecule has 0 bridgehead atoms. The number of phenolic OH excluding ortho intramolecular Hbond substituents is 2. The number of ether oxygens (including phenoxy) is 4. The van der Waals surface area contributed by atoms with Crippen molar-refractivity contribution < 1.29 is 34.0 Å². The van der Waals surface area contributed by atoms with Gasteiger partial charge in [0.15, 0.2) is 11.5 Å². The summed E-state index contributed by atoms with van der Waals surface area (Å²) in [7, 11) is 3.48. The fourth-order valence-electron chi connectivity index (χ4n) is 8.71. The molecule has 0 amide bonds. The number of phenols is 2. The van der Waals surface area contributed by atoms with Gasteiger partial charge in [-0.25, -0.2) is 4.98 Å². The molecule has 10 heteroatoms. The number of likely N-dealkylation sites (N-methyl/N-ethyl adjacent to an activating group) is 1. The van der Waals surface area contributed by atoms with Crippen LogP contribution in [0.1, 0.15) is 78.5 Å². The van der Waals surface area contributed by atoms with Crippen molar-refractivity contribution in [1.82, 2.24) is 10.3 Å². The van der Waals surface area contributed by atoms with Crippen molar-refractivity contribution in [3.63, 3.8) is 0 Å². The van der Waals surface area contributed by atoms with Crippen molar-refractivity contribution in [2.45, 2.75) is 69.8 Å². The molecule has 4 atom stereocenters. The highest BCUT2D eigenvalue weighted by Gasteiger charge is 2.50. The van der Waals surface area contributed by atoms with E-state index in [0.29, 0.717) is 36.4 Å². The number of methoxy groups -OCH3 is 1. The van der Waals surface area contributed by atoms with Gasteiger partial charge in [0.1, 0.15) is 42.4 Å². The number of carbonyl (C=O) groups is 1. The summed E-state index contributed by atoms with van der Waals surface area (Å²) in [5.41, 5.74) is 14.1. The van der Waals surface area contributed by atoms with E-state index in [2.05, 4.69) is 35.4 Å². The van der Waals surface area contributed by atoms with Crippen LogP contribution in [-0.2, 0) is 34.2 Å². The largest absolute Gasteiger partial charge is 0.508 e. The van der Waals surface area contributed by atoms with Crippen LogP contribution in [0.2, 0.25) is 0 Å². The number of anilines is 1. The number of benzene rings is 3. The van der Waals surface area contributed by atoms with Crippen molar-refractivity contribution in [1.29, 1.82) is 0 Å². The Kier molecular flexibility index (Phi) is 9.46. The Balaban J connectivity index is 1.34. The maximum absolute atomic E-state index is 12.2. The number of nitrogen functional groups attached to an aromatic ring is 1. The second kappa shape index (κ2) is 14.0. The van der Waals surface area contributed by atoms with Gasteiger partial charge in [-0.2, -0.15) is 0 Å². The summed E-state index contributed by atoms with van der Waals surface area (Å²) in [5, 5.41) is 24.5. The third kappa shape index (κ3) is 6.42. The third-order valence-corrected chi connectivity index (χ3v) is 11.0. The number of nitrogens with zero attached hydrogens (tertiary/aromatic N) is 1. The summed E-state index contributed by atoms with van der Waals surface area (Å²) in [4.78, 5) is 16.6. The molecule has 0 radical (unpaired) electrons. The molecule has 3 aromatic carbocycles. The minimum Gasteiger partial charge on any atom is -0.508 e. The SMILES string of the molecule is CCc1cc(CC2CCC3(Cc4cc(O)cc(OC)c4-c4ccc5c(c43)OC(c3ccc(O)c(OCCNC)c3)C5COC(C)=O)C2)cnc1N. The lowest BCUT2D eigenvalue weighted by Gasteiger charge is -2.39. The number of hydrogen-bond acceptors (Lipinski definition) is 10. The van der Waals surface area contributed by atoms with Crippen LogP contribution >= 0.6 is 0 Å². The van der Waals surface area contributed by atoms with Crippen molar-refractivity contribution in [2.75, 3.05) is 39.6 Å². The lowest BCUT2D eigenvalue weighted by atomic mass is 9.65. The summed E-state index contributed by atoms with van der Waals surface area (Å²) in [5.74, 6) is 2.34. The first-order valence-electron chi connectivity index (χ1n) is 17.9. The van der Waals surface area contributed by atoms with E-state index in [-0.39, 0.29) is 35.4 Å². The Morgan fingerprint density at radius 2 is 1.98 bits per heavy atom. The fraction of sp³-hybridized carbons (Fsp3) is 0.415. The first kappa shape index (κ1) is 34.5. The minimum atomic E-state index is -0.497. The average Bonchev–Trinajstić information content (AvgIpc) is 3.69. The zero-order valence-electron chi connectivity index (χ0n) is 29.8. The number of aromatic nitrogens is 1. The number of aryl methyl sites for hydroxylation is 1. The van der Waals surface area contributed by atoms with E-state index in [4.69, 9.17) is 24.7 Å². The number of hydrogen-bond donors (Lipinski definition) is 4. The normalized spacial score (nSPS) is 21.5. The maximum Gasteiger partial charge on any atom is 0.302 e. The number of fused-ring (bicyclic) bond motifs is 6. The van der Waals surface area contributed by atoms with Crippen LogP contribution in [0.4, 0.5) is 5.82 Å². The van der Waals surface area contributed by atoms with Gasteiger partial charge in [-0.05, 0) is 97.5 Å². The zero-order chi connectivity index (χ0) is 35.9. The van der Waals surface area contributed by atoms with E-state index < -0.39 is 6.10 Å². The van der Waals surface area contributed by atoms with Crippen LogP contribution in [0.5, 0.6) is 28.7 Å². The number of pyridine rings is 1. The molecule has 2 aliphatic carbocycles. The summed E-state index contributed by atoms with van der Waals surface area (Å²) < 4.78 is 24.6. The van der Waals surface area contributed by atoms with Crippen molar-refractivity contribution in [2.24, 2.45) is 5.92 Å². The molecule has 1 spiro atoms. The minimum absolute atomic E-state index is 0.0459. The molecular formula is C41H47N3O7. The molecule has 3 aliphatic rings. The highest BCUT2D eigenvalue weighted by Crippen LogP contribution is 2.62. The van der Waals surface area contributed by atoms with E-state index in [1.54, 1.807) is 19.2 Å². The number of nitrogens with two attached hydrogens (primary N) is 1. The van der Waals surface area contributed by atoms with Gasteiger partial charge in [-0.1, -0.05) is 31.2 Å². The van der Waals surface area contributed by atoms with Gasteiger partial charge < -0.3 is 40.2 Å². The molecule has 51 heavy (non-hydrogen) atoms. The first-order valence-corrected chi connectivity index (χ1v) is 17.9. The van der Waals surface area contributed by atoms with E-state index in [9.17, 15) is 15.0 Å². The molecule has 1 aromatic heterocycles. The van der Waals surface area contributed by atoms with Crippen LogP contribution in [-0.4, -0.2) is 55.1 Å². The molecule has 7 rings (SSSR count). The molecule has 4 aromatic rings. The summed E-state index contributed by atoms with van der Waals surface area (Å²) in [6.07, 6.45) is 6.74. The molecular weight excluding hydrogens is 646 g/mol. The highest BCUT2D eigenvalue weighted by atomic mass is 16.5. The van der Waals surface area contributed by atoms with Gasteiger partial charge in [0.25, 0.3) is 0 Å². The van der Waals surface area contributed by atoms with Crippen LogP contribution in [0.3, 0.4) is 0 Å². The van der Waals surface area contributed by atoms with E-state index in [0.717, 1.165) is 83.2 Å². The predicted molar refractivity (Wildman–Crippen MR) is 195 cm³/mol. The standard InChI is InChI=1S/C41H47N3O7/c1-5-26-15-25(21-44-40(26)42)14-24-10-11-41(19-24)20-28-16-29(46)18-35(48-4)36(28)31-8-7-30-32(22-50-23(2)45)38(51-39(30)37(31)41)27-6-9-33(47)34(17-27)49-13-12-43-3/h6-9,15-18,21,24,32,38,43,46-47H,5,10-14,19-20,22H2,1-4H3,(H2,42,44). The molecule has 0 saturated heterocycles. The lowest BCUT2D eigenvalue weighted by molar-refractivity contribution is -0.141. The predicted octanol–water partition coefficient (Wildman–Crippen LogP) is 6.53. The third-order valence-electron chi connectivity index (χ3n) is 11.0. The zero-order valence-corrected chi connectivity index (χ0v) is 29.8. The number of aromatic hydroxyl groups is 2. The Morgan fingerprint density at radius 1 is 1.14 bits per heavy atom. The van der Waals surface area contributed by atoms with Crippen LogP contribution in [0, 0.1) is 5.92 Å². The molecule has 5 N–H and O–H groups in total. The smallest absolute Gasteiger partial charge is 0.302 e. The molecule has 2 heterocycles. The Hall–Kier alpha value is -4.96. The second-order valence-electron chi connectivity index (χ2n) is 14.2. The second-order valence-corrected chi connectivity index (χ2v) is 14.2. The summed E-state index contributed by atoms with van der Waals surface area (Å²) >= 11 is 0. The van der Waals surface area contributed by atoms with Gasteiger partial charge >= 0.3 is 5.97 Å². The number of carbonyl (C=O) groups excluding carboxylic acids is 1. The van der Waals surface area contributed by atoms with Crippen LogP contribution in [0.25, 0.3) is 11.1 Å². The number of esters is 1. The summed E-state index contributed by atoms with van der Waals surface area (Å²) in [6.45, 7) is 4.66. The van der Waals surface area contributed by atoms with Gasteiger partial charge in [0, 0.05) is 47.8 Å². The Morgan fingerprint density at radius 3 is 2.75 bits per heavy atom. The molecule has 4 unspecified atom stereocenters. The van der Waals surface area contributed by atoms with E-state index >= 15 is 0 Å². The molecule has 268 valence electrons. The fourth-order valence-corrected chi connectivity index (χ4v) is 8.71. The first-order chi connectivity index (χ1) is 24.6. The van der Waals surface area contributed by atoms with Gasteiger partial charge in [-0.15, -0.1) is 0 Å². The molecule has 1 aliphatic heterocycles. The van der Waals surface area contributed by atoms with Crippen molar-refractivity contribution in [3.8, 4) is 39.9 Å². The van der Waals surface area contributed by atoms with E-state index in [1.807, 2.05) is 31.4 Å². The van der Waals surface area contributed by atoms with Crippen LogP contribution < -0.4 is 25.3 Å². The van der Waals surface area contributed by atoms with Gasteiger partial charge in [0.05, 0.1) is 13.0 Å². The molecule has 1 saturated carbocycles. The quantitative estimate of drug-likeness (QED) is 0.101. The molecule has 1 fully saturated rings. The monoisotopic (exact) mass is 693 g/mol.